The Balaban J connectivity index is 2.33. The number of rotatable bonds is 3. The predicted molar refractivity (Wildman–Crippen MR) is 76.9 cm³/mol. The molecule has 2 aromatic rings. The van der Waals surface area contributed by atoms with Crippen molar-refractivity contribution in [2.75, 3.05) is 0 Å². The number of pyridine rings is 1. The first-order valence-corrected chi connectivity index (χ1v) is 6.83. The summed E-state index contributed by atoms with van der Waals surface area (Å²) in [6.45, 7) is 6.77. The number of hydrogen-bond acceptors (Lipinski definition) is 3. The molecule has 0 fully saturated rings. The number of nitrogens with two attached hydrogens (primary N) is 1. The van der Waals surface area contributed by atoms with Gasteiger partial charge in [-0.05, 0) is 50.1 Å². The molecule has 0 aliphatic rings. The van der Waals surface area contributed by atoms with Gasteiger partial charge in [-0.2, -0.15) is 0 Å². The maximum atomic E-state index is 5.80. The van der Waals surface area contributed by atoms with Crippen LogP contribution < -0.4 is 5.73 Å². The second-order valence-corrected chi connectivity index (χ2v) is 5.60. The van der Waals surface area contributed by atoms with Gasteiger partial charge >= 0.3 is 0 Å². The van der Waals surface area contributed by atoms with E-state index in [2.05, 4.69) is 49.2 Å². The van der Waals surface area contributed by atoms with Crippen LogP contribution in [0.15, 0.2) is 40.3 Å². The monoisotopic (exact) mass is 258 g/mol. The average molecular weight is 258 g/mol. The summed E-state index contributed by atoms with van der Waals surface area (Å²) in [5.74, 6) is 0. The predicted octanol–water partition coefficient (Wildman–Crippen LogP) is 3.62. The minimum Gasteiger partial charge on any atom is -0.326 e. The van der Waals surface area contributed by atoms with Crippen molar-refractivity contribution >= 4 is 11.8 Å². The molecule has 2 N–H and O–H groups in total. The number of nitrogens with zero attached hydrogens (tertiary/aromatic N) is 1. The summed E-state index contributed by atoms with van der Waals surface area (Å²) < 4.78 is 0. The first-order chi connectivity index (χ1) is 8.58. The van der Waals surface area contributed by atoms with Crippen LogP contribution >= 0.6 is 11.8 Å². The Morgan fingerprint density at radius 3 is 2.50 bits per heavy atom. The van der Waals surface area contributed by atoms with E-state index < -0.39 is 0 Å². The van der Waals surface area contributed by atoms with E-state index in [4.69, 9.17) is 5.73 Å². The smallest absolute Gasteiger partial charge is 0.101 e. The van der Waals surface area contributed by atoms with Crippen molar-refractivity contribution in [1.82, 2.24) is 4.98 Å². The van der Waals surface area contributed by atoms with Crippen molar-refractivity contribution in [3.8, 4) is 0 Å². The van der Waals surface area contributed by atoms with Gasteiger partial charge in [-0.25, -0.2) is 4.98 Å². The Bertz CT molecular complexity index is 544. The molecule has 1 heterocycles. The fourth-order valence-corrected chi connectivity index (χ4v) is 3.01. The fraction of sp³-hybridized carbons (Fsp3) is 0.267. The molecular formula is C15H18N2S. The third kappa shape index (κ3) is 3.12. The third-order valence-electron chi connectivity index (χ3n) is 2.72. The molecule has 0 saturated heterocycles. The highest BCUT2D eigenvalue weighted by Crippen LogP contribution is 2.30. The Labute approximate surface area is 113 Å². The van der Waals surface area contributed by atoms with E-state index in [9.17, 15) is 0 Å². The Morgan fingerprint density at radius 2 is 1.83 bits per heavy atom. The van der Waals surface area contributed by atoms with E-state index in [1.165, 1.54) is 21.6 Å². The molecule has 0 amide bonds. The molecule has 0 unspecified atom stereocenters. The summed E-state index contributed by atoms with van der Waals surface area (Å²) in [6, 6.07) is 10.6. The van der Waals surface area contributed by atoms with Crippen LogP contribution in [0.4, 0.5) is 0 Å². The molecule has 2 nitrogen and oxygen atoms in total. The number of hydrogen-bond donors (Lipinski definition) is 1. The topological polar surface area (TPSA) is 38.9 Å². The number of aryl methyl sites for hydroxylation is 3. The lowest BCUT2D eigenvalue weighted by atomic mass is 10.1. The van der Waals surface area contributed by atoms with Gasteiger partial charge in [0.05, 0.1) is 0 Å². The summed E-state index contributed by atoms with van der Waals surface area (Å²) in [7, 11) is 0. The van der Waals surface area contributed by atoms with E-state index in [-0.39, 0.29) is 0 Å². The molecule has 0 spiro atoms. The summed E-state index contributed by atoms with van der Waals surface area (Å²) in [5.41, 5.74) is 10.5. The first-order valence-electron chi connectivity index (χ1n) is 6.01. The standard InChI is InChI=1S/C15H18N2S/c1-10-4-5-14(13(7-10)9-16)18-15-8-11(2)6-12(3)17-15/h4-8H,9,16H2,1-3H3. The Hall–Kier alpha value is -1.32. The van der Waals surface area contributed by atoms with Crippen molar-refractivity contribution in [2.24, 2.45) is 5.73 Å². The summed E-state index contributed by atoms with van der Waals surface area (Å²) in [6.07, 6.45) is 0. The quantitative estimate of drug-likeness (QED) is 0.914. The molecule has 0 radical (unpaired) electrons. The van der Waals surface area contributed by atoms with Crippen LogP contribution in [-0.2, 0) is 6.54 Å². The lowest BCUT2D eigenvalue weighted by Gasteiger charge is -2.09. The van der Waals surface area contributed by atoms with Gasteiger partial charge in [0, 0.05) is 17.1 Å². The Kier molecular flexibility index (Phi) is 4.04. The van der Waals surface area contributed by atoms with Crippen molar-refractivity contribution in [2.45, 2.75) is 37.2 Å². The first kappa shape index (κ1) is 13.1. The number of aromatic nitrogens is 1. The summed E-state index contributed by atoms with van der Waals surface area (Å²) in [4.78, 5) is 5.74. The molecule has 1 aromatic heterocycles. The second-order valence-electron chi connectivity index (χ2n) is 4.54. The molecule has 1 aromatic carbocycles. The van der Waals surface area contributed by atoms with Crippen molar-refractivity contribution < 1.29 is 0 Å². The van der Waals surface area contributed by atoms with Gasteiger partial charge in [0.2, 0.25) is 0 Å². The zero-order chi connectivity index (χ0) is 13.1. The molecule has 0 atom stereocenters. The maximum Gasteiger partial charge on any atom is 0.101 e. The van der Waals surface area contributed by atoms with Gasteiger partial charge in [0.25, 0.3) is 0 Å². The molecule has 18 heavy (non-hydrogen) atoms. The zero-order valence-electron chi connectivity index (χ0n) is 11.0. The molecular weight excluding hydrogens is 240 g/mol. The van der Waals surface area contributed by atoms with Crippen LogP contribution in [0.5, 0.6) is 0 Å². The highest BCUT2D eigenvalue weighted by molar-refractivity contribution is 7.99. The van der Waals surface area contributed by atoms with Gasteiger partial charge < -0.3 is 5.73 Å². The van der Waals surface area contributed by atoms with Crippen molar-refractivity contribution in [3.05, 3.63) is 52.7 Å². The normalized spacial score (nSPS) is 10.7. The van der Waals surface area contributed by atoms with Gasteiger partial charge in [-0.3, -0.25) is 0 Å². The van der Waals surface area contributed by atoms with E-state index >= 15 is 0 Å². The molecule has 94 valence electrons. The molecule has 0 saturated carbocycles. The fourth-order valence-electron chi connectivity index (χ4n) is 1.94. The lowest BCUT2D eigenvalue weighted by molar-refractivity contribution is 1.01. The van der Waals surface area contributed by atoms with Crippen LogP contribution in [0.3, 0.4) is 0 Å². The highest BCUT2D eigenvalue weighted by atomic mass is 32.2. The second kappa shape index (κ2) is 5.55. The Morgan fingerprint density at radius 1 is 1.06 bits per heavy atom. The molecule has 0 bridgehead atoms. The number of benzene rings is 1. The molecule has 0 aliphatic heterocycles. The largest absolute Gasteiger partial charge is 0.326 e. The SMILES string of the molecule is Cc1cc(C)nc(Sc2ccc(C)cc2CN)c1. The third-order valence-corrected chi connectivity index (χ3v) is 3.76. The van der Waals surface area contributed by atoms with Crippen LogP contribution in [-0.4, -0.2) is 4.98 Å². The van der Waals surface area contributed by atoms with E-state index in [1.807, 2.05) is 6.92 Å². The van der Waals surface area contributed by atoms with Crippen molar-refractivity contribution in [3.63, 3.8) is 0 Å². The van der Waals surface area contributed by atoms with E-state index in [1.54, 1.807) is 11.8 Å². The van der Waals surface area contributed by atoms with Crippen LogP contribution in [0.1, 0.15) is 22.4 Å². The van der Waals surface area contributed by atoms with E-state index in [0.29, 0.717) is 6.54 Å². The lowest BCUT2D eigenvalue weighted by Crippen LogP contribution is -1.99. The molecule has 2 rings (SSSR count). The molecule has 0 aliphatic carbocycles. The van der Waals surface area contributed by atoms with Gasteiger partial charge in [-0.1, -0.05) is 29.5 Å². The average Bonchev–Trinajstić information content (AvgIpc) is 2.30. The van der Waals surface area contributed by atoms with Crippen LogP contribution in [0.2, 0.25) is 0 Å². The summed E-state index contributed by atoms with van der Waals surface area (Å²) >= 11 is 1.68. The van der Waals surface area contributed by atoms with Crippen LogP contribution in [0, 0.1) is 20.8 Å². The van der Waals surface area contributed by atoms with Gasteiger partial charge in [0.1, 0.15) is 5.03 Å². The minimum absolute atomic E-state index is 0.564. The van der Waals surface area contributed by atoms with Gasteiger partial charge in [0.15, 0.2) is 0 Å². The van der Waals surface area contributed by atoms with Gasteiger partial charge in [-0.15, -0.1) is 0 Å². The maximum absolute atomic E-state index is 5.80. The van der Waals surface area contributed by atoms with Crippen molar-refractivity contribution in [1.29, 1.82) is 0 Å². The minimum atomic E-state index is 0.564. The summed E-state index contributed by atoms with van der Waals surface area (Å²) in [5, 5.41) is 1.03. The highest BCUT2D eigenvalue weighted by Gasteiger charge is 2.05. The molecule has 3 heteroatoms. The van der Waals surface area contributed by atoms with E-state index in [0.717, 1.165) is 10.7 Å². The zero-order valence-corrected chi connectivity index (χ0v) is 11.8. The van der Waals surface area contributed by atoms with Crippen LogP contribution in [0.25, 0.3) is 0 Å².